The first-order valence-electron chi connectivity index (χ1n) is 7.33. The van der Waals surface area contributed by atoms with Crippen molar-refractivity contribution in [3.8, 4) is 0 Å². The van der Waals surface area contributed by atoms with Gasteiger partial charge in [0, 0.05) is 23.1 Å². The van der Waals surface area contributed by atoms with E-state index in [2.05, 4.69) is 43.4 Å². The number of aliphatic hydroxyl groups is 1. The summed E-state index contributed by atoms with van der Waals surface area (Å²) in [5.74, 6) is 0. The van der Waals surface area contributed by atoms with Crippen molar-refractivity contribution in [3.63, 3.8) is 0 Å². The zero-order chi connectivity index (χ0) is 13.7. The highest BCUT2D eigenvalue weighted by Gasteiger charge is 2.30. The predicted octanol–water partition coefficient (Wildman–Crippen LogP) is 3.16. The Morgan fingerprint density at radius 1 is 1.42 bits per heavy atom. The molecule has 0 radical (unpaired) electrons. The summed E-state index contributed by atoms with van der Waals surface area (Å²) in [6.07, 6.45) is 3.30. The van der Waals surface area contributed by atoms with Gasteiger partial charge in [-0.1, -0.05) is 38.1 Å². The summed E-state index contributed by atoms with van der Waals surface area (Å²) < 4.78 is 0. The molecule has 0 bridgehead atoms. The second-order valence-electron chi connectivity index (χ2n) is 5.27. The number of fused-ring (bicyclic) bond motifs is 1. The van der Waals surface area contributed by atoms with Gasteiger partial charge in [-0.15, -0.1) is 0 Å². The van der Waals surface area contributed by atoms with E-state index in [-0.39, 0.29) is 0 Å². The summed E-state index contributed by atoms with van der Waals surface area (Å²) in [7, 11) is 0. The molecule has 1 aliphatic carbocycles. The third kappa shape index (κ3) is 3.74. The first-order chi connectivity index (χ1) is 9.26. The van der Waals surface area contributed by atoms with Gasteiger partial charge in [0.05, 0.1) is 0 Å². The average Bonchev–Trinajstić information content (AvgIpc) is 2.42. The first-order valence-corrected chi connectivity index (χ1v) is 8.28. The van der Waals surface area contributed by atoms with E-state index in [1.54, 1.807) is 0 Å². The summed E-state index contributed by atoms with van der Waals surface area (Å²) in [6.45, 7) is 5.70. The van der Waals surface area contributed by atoms with Gasteiger partial charge in [0.2, 0.25) is 0 Å². The molecule has 0 saturated carbocycles. The van der Waals surface area contributed by atoms with E-state index >= 15 is 0 Å². The molecule has 0 fully saturated rings. The van der Waals surface area contributed by atoms with Gasteiger partial charge in [0.15, 0.2) is 0 Å². The normalized spacial score (nSPS) is 23.9. The van der Waals surface area contributed by atoms with E-state index in [9.17, 15) is 0 Å². The largest absolute Gasteiger partial charge is 0.396 e. The quantitative estimate of drug-likeness (QED) is 0.839. The van der Waals surface area contributed by atoms with Crippen LogP contribution in [-0.2, 0) is 6.42 Å². The number of aryl methyl sites for hydroxylation is 1. The number of hydrogen-bond donors (Lipinski definition) is 2. The van der Waals surface area contributed by atoms with Crippen LogP contribution in [0, 0.1) is 0 Å². The van der Waals surface area contributed by atoms with Gasteiger partial charge in [0.25, 0.3) is 0 Å². The summed E-state index contributed by atoms with van der Waals surface area (Å²) in [5, 5.41) is 13.9. The summed E-state index contributed by atoms with van der Waals surface area (Å²) in [5.41, 5.74) is 2.98. The van der Waals surface area contributed by atoms with Crippen LogP contribution in [0.1, 0.15) is 43.9 Å². The fraction of sp³-hybridized carbons (Fsp3) is 0.625. The molecule has 0 aromatic heterocycles. The molecule has 0 amide bonds. The van der Waals surface area contributed by atoms with Crippen LogP contribution in [0.2, 0.25) is 0 Å². The Morgan fingerprint density at radius 3 is 2.95 bits per heavy atom. The van der Waals surface area contributed by atoms with Gasteiger partial charge in [0.1, 0.15) is 0 Å². The molecule has 0 aliphatic heterocycles. The zero-order valence-electron chi connectivity index (χ0n) is 11.9. The zero-order valence-corrected chi connectivity index (χ0v) is 12.7. The smallest absolute Gasteiger partial charge is 0.0443 e. The first kappa shape index (κ1) is 14.9. The fourth-order valence-electron chi connectivity index (χ4n) is 2.89. The van der Waals surface area contributed by atoms with Crippen molar-refractivity contribution in [2.24, 2.45) is 0 Å². The number of aliphatic hydroxyl groups excluding tert-OH is 1. The molecular formula is C16H25NOS. The lowest BCUT2D eigenvalue weighted by molar-refractivity contribution is 0.288. The van der Waals surface area contributed by atoms with Gasteiger partial charge >= 0.3 is 0 Å². The minimum absolute atomic E-state index is 0.295. The monoisotopic (exact) mass is 279 g/mol. The third-order valence-corrected chi connectivity index (χ3v) is 5.38. The van der Waals surface area contributed by atoms with E-state index in [1.165, 1.54) is 24.0 Å². The molecule has 0 spiro atoms. The van der Waals surface area contributed by atoms with Crippen molar-refractivity contribution in [2.45, 2.75) is 49.7 Å². The van der Waals surface area contributed by atoms with Crippen molar-refractivity contribution in [1.29, 1.82) is 0 Å². The molecule has 0 heterocycles. The lowest BCUT2D eigenvalue weighted by Crippen LogP contribution is -2.35. The topological polar surface area (TPSA) is 32.3 Å². The van der Waals surface area contributed by atoms with E-state index < -0.39 is 0 Å². The molecule has 2 rings (SSSR count). The molecule has 2 nitrogen and oxygen atoms in total. The highest BCUT2D eigenvalue weighted by Crippen LogP contribution is 2.39. The van der Waals surface area contributed by atoms with E-state index in [1.807, 2.05) is 11.8 Å². The number of nitrogens with one attached hydrogen (secondary N) is 1. The van der Waals surface area contributed by atoms with E-state index in [0.29, 0.717) is 23.1 Å². The maximum Gasteiger partial charge on any atom is 0.0443 e. The molecule has 106 valence electrons. The van der Waals surface area contributed by atoms with Crippen molar-refractivity contribution in [2.75, 3.05) is 13.2 Å². The van der Waals surface area contributed by atoms with Gasteiger partial charge in [-0.05, 0) is 36.9 Å². The Kier molecular flexibility index (Phi) is 5.74. The Labute approximate surface area is 121 Å². The minimum Gasteiger partial charge on any atom is -0.396 e. The van der Waals surface area contributed by atoms with Crippen LogP contribution in [0.4, 0.5) is 0 Å². The molecular weight excluding hydrogens is 254 g/mol. The van der Waals surface area contributed by atoms with Crippen molar-refractivity contribution >= 4 is 11.8 Å². The van der Waals surface area contributed by atoms with Crippen LogP contribution < -0.4 is 5.32 Å². The number of hydrogen-bond acceptors (Lipinski definition) is 3. The number of benzene rings is 1. The third-order valence-electron chi connectivity index (χ3n) is 3.83. The second kappa shape index (κ2) is 7.32. The summed E-state index contributed by atoms with van der Waals surface area (Å²) in [6, 6.07) is 9.28. The minimum atomic E-state index is 0.295. The highest BCUT2D eigenvalue weighted by molar-refractivity contribution is 8.00. The molecule has 19 heavy (non-hydrogen) atoms. The highest BCUT2D eigenvalue weighted by atomic mass is 32.2. The number of thioether (sulfide) groups is 1. The summed E-state index contributed by atoms with van der Waals surface area (Å²) >= 11 is 2.03. The van der Waals surface area contributed by atoms with Gasteiger partial charge in [-0.25, -0.2) is 0 Å². The second-order valence-corrected chi connectivity index (χ2v) is 6.95. The lowest BCUT2D eigenvalue weighted by Gasteiger charge is -2.35. The molecule has 1 aliphatic rings. The predicted molar refractivity (Wildman–Crippen MR) is 83.7 cm³/mol. The standard InChI is InChI=1S/C16H25NOS/c1-3-17-16-14-7-5-4-6-13(14)8-9-15(16)19-12(2)10-11-18/h4-7,12,15-18H,3,8-11H2,1-2H3. The molecule has 3 unspecified atom stereocenters. The van der Waals surface area contributed by atoms with Crippen molar-refractivity contribution in [1.82, 2.24) is 5.32 Å². The maximum absolute atomic E-state index is 9.06. The van der Waals surface area contributed by atoms with Gasteiger partial charge in [-0.2, -0.15) is 11.8 Å². The number of rotatable bonds is 6. The lowest BCUT2D eigenvalue weighted by atomic mass is 9.87. The van der Waals surface area contributed by atoms with Crippen molar-refractivity contribution < 1.29 is 5.11 Å². The van der Waals surface area contributed by atoms with Crippen molar-refractivity contribution in [3.05, 3.63) is 35.4 Å². The Morgan fingerprint density at radius 2 is 2.21 bits per heavy atom. The summed E-state index contributed by atoms with van der Waals surface area (Å²) in [4.78, 5) is 0. The van der Waals surface area contributed by atoms with Crippen LogP contribution in [0.25, 0.3) is 0 Å². The SMILES string of the molecule is CCNC1c2ccccc2CCC1SC(C)CCO. The van der Waals surface area contributed by atoms with Gasteiger partial charge < -0.3 is 10.4 Å². The molecule has 0 saturated heterocycles. The molecule has 2 N–H and O–H groups in total. The maximum atomic E-state index is 9.06. The average molecular weight is 279 g/mol. The van der Waals surface area contributed by atoms with Crippen LogP contribution in [-0.4, -0.2) is 28.8 Å². The van der Waals surface area contributed by atoms with Gasteiger partial charge in [-0.3, -0.25) is 0 Å². The van der Waals surface area contributed by atoms with Crippen LogP contribution in [0.3, 0.4) is 0 Å². The van der Waals surface area contributed by atoms with Crippen LogP contribution >= 0.6 is 11.8 Å². The van der Waals surface area contributed by atoms with E-state index in [4.69, 9.17) is 5.11 Å². The molecule has 1 aromatic rings. The Bertz CT molecular complexity index is 396. The Balaban J connectivity index is 2.12. The molecule has 1 aromatic carbocycles. The fourth-order valence-corrected chi connectivity index (χ4v) is 4.38. The van der Waals surface area contributed by atoms with Crippen LogP contribution in [0.5, 0.6) is 0 Å². The van der Waals surface area contributed by atoms with E-state index in [0.717, 1.165) is 13.0 Å². The Hall–Kier alpha value is -0.510. The molecule has 3 heteroatoms. The molecule has 3 atom stereocenters. The van der Waals surface area contributed by atoms with Crippen LogP contribution in [0.15, 0.2) is 24.3 Å².